The summed E-state index contributed by atoms with van der Waals surface area (Å²) in [7, 11) is 0. The van der Waals surface area contributed by atoms with E-state index < -0.39 is 12.5 Å². The van der Waals surface area contributed by atoms with E-state index in [1.165, 1.54) is 11.3 Å². The number of hydrogen-bond donors (Lipinski definition) is 1. The summed E-state index contributed by atoms with van der Waals surface area (Å²) in [5, 5.41) is 5.02. The number of nitrogens with one attached hydrogen (secondary N) is 1. The van der Waals surface area contributed by atoms with Gasteiger partial charge in [-0.15, -0.1) is 36.2 Å². The van der Waals surface area contributed by atoms with Gasteiger partial charge in [0.15, 0.2) is 0 Å². The second-order valence-corrected chi connectivity index (χ2v) is 4.56. The number of piperazine rings is 1. The first-order valence-corrected chi connectivity index (χ1v) is 5.93. The Morgan fingerprint density at radius 1 is 1.24 bits per heavy atom. The van der Waals surface area contributed by atoms with Crippen LogP contribution in [0.3, 0.4) is 0 Å². The lowest BCUT2D eigenvalue weighted by molar-refractivity contribution is 0.0200. The molecule has 2 rings (SSSR count). The van der Waals surface area contributed by atoms with Crippen LogP contribution in [-0.2, 0) is 0 Å². The minimum Gasteiger partial charge on any atom is -0.314 e. The third-order valence-electron chi connectivity index (χ3n) is 2.62. The Kier molecular flexibility index (Phi) is 8.24. The van der Waals surface area contributed by atoms with Crippen molar-refractivity contribution in [1.29, 1.82) is 0 Å². The van der Waals surface area contributed by atoms with Gasteiger partial charge in [-0.2, -0.15) is 0 Å². The highest BCUT2D eigenvalue weighted by molar-refractivity contribution is 7.10. The van der Waals surface area contributed by atoms with Gasteiger partial charge in [-0.3, -0.25) is 4.90 Å². The average Bonchev–Trinajstić information content (AvgIpc) is 2.72. The second kappa shape index (κ2) is 8.21. The summed E-state index contributed by atoms with van der Waals surface area (Å²) < 4.78 is 26.0. The molecule has 0 unspecified atom stereocenters. The Labute approximate surface area is 116 Å². The van der Waals surface area contributed by atoms with Crippen LogP contribution in [0.2, 0.25) is 0 Å². The van der Waals surface area contributed by atoms with Gasteiger partial charge in [0.2, 0.25) is 0 Å². The van der Waals surface area contributed by atoms with Crippen LogP contribution in [0.15, 0.2) is 17.5 Å². The van der Waals surface area contributed by atoms with Crippen molar-refractivity contribution in [2.24, 2.45) is 0 Å². The number of thiophene rings is 1. The minimum absolute atomic E-state index is 0. The highest BCUT2D eigenvalue weighted by Gasteiger charge is 2.30. The second-order valence-electron chi connectivity index (χ2n) is 3.58. The van der Waals surface area contributed by atoms with E-state index in [2.05, 4.69) is 5.32 Å². The van der Waals surface area contributed by atoms with Crippen molar-refractivity contribution in [2.75, 3.05) is 26.2 Å². The topological polar surface area (TPSA) is 15.3 Å². The Hall–Kier alpha value is 0.0600. The van der Waals surface area contributed by atoms with E-state index in [-0.39, 0.29) is 24.8 Å². The van der Waals surface area contributed by atoms with E-state index in [1.807, 2.05) is 16.3 Å². The Morgan fingerprint density at radius 3 is 2.35 bits per heavy atom. The third kappa shape index (κ3) is 4.34. The lowest BCUT2D eigenvalue weighted by atomic mass is 10.2. The van der Waals surface area contributed by atoms with Crippen molar-refractivity contribution in [1.82, 2.24) is 10.2 Å². The van der Waals surface area contributed by atoms with E-state index in [0.717, 1.165) is 18.0 Å². The van der Waals surface area contributed by atoms with E-state index in [4.69, 9.17) is 0 Å². The molecule has 1 aliphatic heterocycles. The molecule has 1 N–H and O–H groups in total. The van der Waals surface area contributed by atoms with Gasteiger partial charge in [0.25, 0.3) is 6.43 Å². The van der Waals surface area contributed by atoms with Gasteiger partial charge in [0.1, 0.15) is 6.04 Å². The molecule has 1 saturated heterocycles. The van der Waals surface area contributed by atoms with Crippen molar-refractivity contribution in [3.05, 3.63) is 22.4 Å². The third-order valence-corrected chi connectivity index (χ3v) is 3.56. The van der Waals surface area contributed by atoms with Crippen LogP contribution in [0.5, 0.6) is 0 Å². The molecule has 17 heavy (non-hydrogen) atoms. The molecule has 0 bridgehead atoms. The number of nitrogens with zero attached hydrogens (tertiary/aromatic N) is 1. The molecule has 0 saturated carbocycles. The summed E-state index contributed by atoms with van der Waals surface area (Å²) in [6.07, 6.45) is -2.30. The van der Waals surface area contributed by atoms with Crippen molar-refractivity contribution in [3.63, 3.8) is 0 Å². The standard InChI is InChI=1S/C10H14F2N2S.2ClH/c11-10(12)9(8-2-1-7-15-8)14-5-3-13-4-6-14;;/h1-2,7,9-10,13H,3-6H2;2*1H/t9-;;/m1../s1. The fraction of sp³-hybridized carbons (Fsp3) is 0.600. The van der Waals surface area contributed by atoms with Crippen LogP contribution in [0, 0.1) is 0 Å². The number of alkyl halides is 2. The molecule has 1 atom stereocenters. The zero-order valence-electron chi connectivity index (χ0n) is 9.14. The monoisotopic (exact) mass is 304 g/mol. The predicted molar refractivity (Wildman–Crippen MR) is 72.0 cm³/mol. The molecular formula is C10H16Cl2F2N2S. The Bertz CT molecular complexity index is 293. The lowest BCUT2D eigenvalue weighted by Crippen LogP contribution is -2.46. The molecule has 2 nitrogen and oxygen atoms in total. The molecule has 1 aliphatic rings. The van der Waals surface area contributed by atoms with Gasteiger partial charge in [0.05, 0.1) is 0 Å². The first kappa shape index (κ1) is 17.1. The van der Waals surface area contributed by atoms with Crippen molar-refractivity contribution < 1.29 is 8.78 Å². The molecule has 100 valence electrons. The summed E-state index contributed by atoms with van der Waals surface area (Å²) in [6, 6.07) is 2.91. The predicted octanol–water partition coefficient (Wildman–Crippen LogP) is 2.80. The van der Waals surface area contributed by atoms with Crippen LogP contribution in [0.1, 0.15) is 10.9 Å². The molecule has 1 fully saturated rings. The fourth-order valence-electron chi connectivity index (χ4n) is 1.88. The smallest absolute Gasteiger partial charge is 0.258 e. The van der Waals surface area contributed by atoms with Crippen molar-refractivity contribution in [2.45, 2.75) is 12.5 Å². The van der Waals surface area contributed by atoms with Crippen LogP contribution in [-0.4, -0.2) is 37.5 Å². The molecule has 1 aromatic heterocycles. The largest absolute Gasteiger partial charge is 0.314 e. The molecule has 0 amide bonds. The maximum absolute atomic E-state index is 13.0. The fourth-order valence-corrected chi connectivity index (χ4v) is 2.75. The summed E-state index contributed by atoms with van der Waals surface area (Å²) in [4.78, 5) is 2.64. The van der Waals surface area contributed by atoms with Crippen LogP contribution < -0.4 is 5.32 Å². The van der Waals surface area contributed by atoms with Crippen LogP contribution >= 0.6 is 36.2 Å². The van der Waals surface area contributed by atoms with Gasteiger partial charge in [0, 0.05) is 31.1 Å². The summed E-state index contributed by atoms with van der Waals surface area (Å²) in [5.74, 6) is 0. The van der Waals surface area contributed by atoms with Crippen molar-refractivity contribution in [3.8, 4) is 0 Å². The van der Waals surface area contributed by atoms with Gasteiger partial charge in [-0.1, -0.05) is 6.07 Å². The van der Waals surface area contributed by atoms with Gasteiger partial charge in [-0.25, -0.2) is 8.78 Å². The SMILES string of the molecule is Cl.Cl.FC(F)[C@@H](c1cccs1)N1CCNCC1. The summed E-state index contributed by atoms with van der Waals surface area (Å²) in [6.45, 7) is 3.00. The molecule has 1 aromatic rings. The Balaban J connectivity index is 0.00000128. The molecule has 0 spiro atoms. The summed E-state index contributed by atoms with van der Waals surface area (Å²) >= 11 is 1.41. The maximum Gasteiger partial charge on any atom is 0.258 e. The normalized spacial score (nSPS) is 18.3. The maximum atomic E-state index is 13.0. The lowest BCUT2D eigenvalue weighted by Gasteiger charge is -2.33. The Morgan fingerprint density at radius 2 is 1.88 bits per heavy atom. The molecule has 0 aromatic carbocycles. The first-order chi connectivity index (χ1) is 7.29. The molecular weight excluding hydrogens is 289 g/mol. The number of hydrogen-bond acceptors (Lipinski definition) is 3. The van der Waals surface area contributed by atoms with Crippen molar-refractivity contribution >= 4 is 36.2 Å². The zero-order chi connectivity index (χ0) is 10.7. The summed E-state index contributed by atoms with van der Waals surface area (Å²) in [5.41, 5.74) is 0. The molecule has 0 aliphatic carbocycles. The first-order valence-electron chi connectivity index (χ1n) is 5.05. The van der Waals surface area contributed by atoms with E-state index in [0.29, 0.717) is 13.1 Å². The van der Waals surface area contributed by atoms with Crippen LogP contribution in [0.25, 0.3) is 0 Å². The molecule has 2 heterocycles. The highest BCUT2D eigenvalue weighted by atomic mass is 35.5. The molecule has 0 radical (unpaired) electrons. The van der Waals surface area contributed by atoms with Gasteiger partial charge in [-0.05, 0) is 11.4 Å². The zero-order valence-corrected chi connectivity index (χ0v) is 11.6. The van der Waals surface area contributed by atoms with E-state index in [1.54, 1.807) is 6.07 Å². The van der Waals surface area contributed by atoms with Gasteiger partial charge >= 0.3 is 0 Å². The minimum atomic E-state index is -2.30. The number of halogens is 4. The van der Waals surface area contributed by atoms with E-state index in [9.17, 15) is 8.78 Å². The average molecular weight is 305 g/mol. The van der Waals surface area contributed by atoms with Crippen LogP contribution in [0.4, 0.5) is 8.78 Å². The molecule has 7 heteroatoms. The van der Waals surface area contributed by atoms with E-state index >= 15 is 0 Å². The number of rotatable bonds is 3. The quantitative estimate of drug-likeness (QED) is 0.924. The highest BCUT2D eigenvalue weighted by Crippen LogP contribution is 2.30. The van der Waals surface area contributed by atoms with Gasteiger partial charge < -0.3 is 5.32 Å².